The van der Waals surface area contributed by atoms with Gasteiger partial charge in [0.05, 0.1) is 11.0 Å². The van der Waals surface area contributed by atoms with E-state index < -0.39 is 0 Å². The largest absolute Gasteiger partial charge is 3.00 e. The molecule has 0 saturated heterocycles. The minimum Gasteiger partial charge on any atom is -0.251 e. The van der Waals surface area contributed by atoms with E-state index in [4.69, 9.17) is 9.97 Å². The van der Waals surface area contributed by atoms with Gasteiger partial charge in [0.2, 0.25) is 0 Å². The zero-order valence-electron chi connectivity index (χ0n) is 16.6. The van der Waals surface area contributed by atoms with Gasteiger partial charge in [0.15, 0.2) is 0 Å². The summed E-state index contributed by atoms with van der Waals surface area (Å²) in [5.41, 5.74) is 8.76. The Morgan fingerprint density at radius 3 is 1.28 bits per heavy atom. The third kappa shape index (κ3) is 3.44. The quantitative estimate of drug-likeness (QED) is 0.260. The molecule has 0 N–H and O–H groups in total. The van der Waals surface area contributed by atoms with Gasteiger partial charge in [-0.25, -0.2) is 0 Å². The zero-order valence-corrected chi connectivity index (χ0v) is 17.7. The van der Waals surface area contributed by atoms with Crippen LogP contribution in [0, 0.1) is 13.8 Å². The Morgan fingerprint density at radius 2 is 0.897 bits per heavy atom. The van der Waals surface area contributed by atoms with Crippen LogP contribution in [0.5, 0.6) is 0 Å². The van der Waals surface area contributed by atoms with Crippen LogP contribution in [0.4, 0.5) is 0 Å². The molecule has 2 nitrogen and oxygen atoms in total. The van der Waals surface area contributed by atoms with Crippen molar-refractivity contribution in [2.45, 2.75) is 13.8 Å². The van der Waals surface area contributed by atoms with E-state index in [-0.39, 0.29) is 17.4 Å². The number of hydrogen-bond acceptors (Lipinski definition) is 2. The van der Waals surface area contributed by atoms with Crippen molar-refractivity contribution in [1.29, 1.82) is 0 Å². The molecular weight excluding hydrogens is 367 g/mol. The van der Waals surface area contributed by atoms with Crippen molar-refractivity contribution in [2.75, 3.05) is 0 Å². The van der Waals surface area contributed by atoms with Crippen LogP contribution in [-0.4, -0.2) is 27.3 Å². The van der Waals surface area contributed by atoms with Gasteiger partial charge in [-0.3, -0.25) is 9.97 Å². The van der Waals surface area contributed by atoms with Crippen LogP contribution in [0.3, 0.4) is 0 Å². The van der Waals surface area contributed by atoms with Gasteiger partial charge >= 0.3 is 17.4 Å². The molecule has 29 heavy (non-hydrogen) atoms. The Bertz CT molecular complexity index is 1210. The van der Waals surface area contributed by atoms with Crippen LogP contribution in [0.25, 0.3) is 44.1 Å². The number of aromatic nitrogens is 2. The Kier molecular flexibility index (Phi) is 5.20. The van der Waals surface area contributed by atoms with Gasteiger partial charge in [-0.15, -0.1) is 0 Å². The van der Waals surface area contributed by atoms with Crippen molar-refractivity contribution >= 4 is 39.2 Å². The summed E-state index contributed by atoms with van der Waals surface area (Å²) in [7, 11) is 0. The summed E-state index contributed by atoms with van der Waals surface area (Å²) in [5, 5.41) is 2.28. The van der Waals surface area contributed by atoms with E-state index in [2.05, 4.69) is 86.6 Å². The minimum absolute atomic E-state index is 0. The summed E-state index contributed by atoms with van der Waals surface area (Å²) < 4.78 is 0. The number of aryl methyl sites for hydroxylation is 2. The van der Waals surface area contributed by atoms with E-state index in [9.17, 15) is 0 Å². The number of hydrogen-bond donors (Lipinski definition) is 0. The summed E-state index contributed by atoms with van der Waals surface area (Å²) in [4.78, 5) is 9.81. The molecule has 2 aromatic heterocycles. The monoisotopic (exact) mass is 387 g/mol. The van der Waals surface area contributed by atoms with Gasteiger partial charge in [0.25, 0.3) is 0 Å². The fourth-order valence-electron chi connectivity index (χ4n) is 3.94. The molecule has 0 amide bonds. The Labute approximate surface area is 181 Å². The second-order valence-corrected chi connectivity index (χ2v) is 7.21. The molecule has 0 aliphatic heterocycles. The Hall–Kier alpha value is -2.99. The van der Waals surface area contributed by atoms with Gasteiger partial charge in [0, 0.05) is 22.2 Å². The Morgan fingerprint density at radius 1 is 0.517 bits per heavy atom. The van der Waals surface area contributed by atoms with Crippen molar-refractivity contribution in [3.8, 4) is 22.3 Å². The summed E-state index contributed by atoms with van der Waals surface area (Å²) >= 11 is 0. The van der Waals surface area contributed by atoms with Gasteiger partial charge < -0.3 is 0 Å². The van der Waals surface area contributed by atoms with Gasteiger partial charge in [-0.05, 0) is 48.2 Å². The molecule has 134 valence electrons. The Balaban J connectivity index is 0.00000205. The van der Waals surface area contributed by atoms with Crippen LogP contribution in [0.15, 0.2) is 84.9 Å². The molecule has 2 heterocycles. The van der Waals surface area contributed by atoms with Gasteiger partial charge in [0.1, 0.15) is 0 Å². The summed E-state index contributed by atoms with van der Waals surface area (Å²) in [6.07, 6.45) is 0. The van der Waals surface area contributed by atoms with Crippen molar-refractivity contribution in [2.24, 2.45) is 0 Å². The average molecular weight is 387 g/mol. The molecule has 0 saturated carbocycles. The maximum absolute atomic E-state index is 4.90. The van der Waals surface area contributed by atoms with Gasteiger partial charge in [-0.2, -0.15) is 0 Å². The predicted molar refractivity (Wildman–Crippen MR) is 123 cm³/mol. The predicted octanol–water partition coefficient (Wildman–Crippen LogP) is 6.35. The molecule has 0 fully saturated rings. The van der Waals surface area contributed by atoms with Gasteiger partial charge in [-0.1, -0.05) is 72.8 Å². The smallest absolute Gasteiger partial charge is 0.251 e. The molecule has 0 atom stereocenters. The molecule has 3 heteroatoms. The molecule has 5 rings (SSSR count). The molecule has 3 aromatic carbocycles. The zero-order chi connectivity index (χ0) is 19.1. The third-order valence-corrected chi connectivity index (χ3v) is 5.18. The first-order valence-corrected chi connectivity index (χ1v) is 9.53. The van der Waals surface area contributed by atoms with E-state index in [1.54, 1.807) is 0 Å². The fourth-order valence-corrected chi connectivity index (χ4v) is 3.94. The van der Waals surface area contributed by atoms with E-state index in [1.807, 2.05) is 12.1 Å². The number of benzene rings is 3. The van der Waals surface area contributed by atoms with E-state index in [0.717, 1.165) is 33.2 Å². The van der Waals surface area contributed by atoms with E-state index in [1.165, 1.54) is 22.3 Å². The summed E-state index contributed by atoms with van der Waals surface area (Å²) in [6.45, 7) is 4.11. The van der Waals surface area contributed by atoms with Crippen molar-refractivity contribution < 1.29 is 0 Å². The number of pyridine rings is 2. The maximum Gasteiger partial charge on any atom is 3.00 e. The molecule has 0 aliphatic rings. The van der Waals surface area contributed by atoms with Crippen LogP contribution in [-0.2, 0) is 0 Å². The second-order valence-electron chi connectivity index (χ2n) is 7.21. The van der Waals surface area contributed by atoms with Crippen LogP contribution < -0.4 is 0 Å². The molecule has 5 aromatic rings. The maximum atomic E-state index is 4.90. The standard InChI is InChI=1S/C26H20N2.Al/c1-17-15-23(19-9-5-3-6-10-19)21-13-14-22-24(20-11-7-4-8-12-20)16-18(2)28-26(22)25(21)27-17;/h3-16H,1-2H3;/q;+3. The number of rotatable bonds is 2. The first-order chi connectivity index (χ1) is 13.7. The van der Waals surface area contributed by atoms with E-state index >= 15 is 0 Å². The summed E-state index contributed by atoms with van der Waals surface area (Å²) in [5.74, 6) is 0. The second kappa shape index (κ2) is 7.80. The third-order valence-electron chi connectivity index (χ3n) is 5.18. The molecule has 0 radical (unpaired) electrons. The van der Waals surface area contributed by atoms with Crippen LogP contribution in [0.2, 0.25) is 0 Å². The molecule has 0 unspecified atom stereocenters. The molecule has 0 bridgehead atoms. The first-order valence-electron chi connectivity index (χ1n) is 9.53. The topological polar surface area (TPSA) is 25.8 Å². The molecule has 0 spiro atoms. The first kappa shape index (κ1) is 19.3. The summed E-state index contributed by atoms with van der Waals surface area (Å²) in [6, 6.07) is 29.7. The normalized spacial score (nSPS) is 10.8. The van der Waals surface area contributed by atoms with Crippen molar-refractivity contribution in [3.63, 3.8) is 0 Å². The minimum atomic E-state index is 0. The van der Waals surface area contributed by atoms with Crippen LogP contribution >= 0.6 is 0 Å². The number of nitrogens with zero attached hydrogens (tertiary/aromatic N) is 2. The van der Waals surface area contributed by atoms with Crippen molar-refractivity contribution in [1.82, 2.24) is 9.97 Å². The average Bonchev–Trinajstić information content (AvgIpc) is 2.74. The van der Waals surface area contributed by atoms with Crippen LogP contribution in [0.1, 0.15) is 11.4 Å². The molecular formula is C26H20AlN2+3. The molecule has 0 aliphatic carbocycles. The SMILES string of the molecule is Cc1cc(-c2ccccc2)c2ccc3c(-c4ccccc4)cc(C)nc3c2n1.[Al+3]. The van der Waals surface area contributed by atoms with Crippen molar-refractivity contribution in [3.05, 3.63) is 96.3 Å². The number of fused-ring (bicyclic) bond motifs is 3. The van der Waals surface area contributed by atoms with E-state index in [0.29, 0.717) is 0 Å². The fraction of sp³-hybridized carbons (Fsp3) is 0.0769.